The van der Waals surface area contributed by atoms with Gasteiger partial charge in [0.1, 0.15) is 18.2 Å². The minimum atomic E-state index is -0.392. The second-order valence-electron chi connectivity index (χ2n) is 5.48. The summed E-state index contributed by atoms with van der Waals surface area (Å²) in [5, 5.41) is 5.23. The minimum Gasteiger partial charge on any atom is -0.489 e. The molecule has 0 spiro atoms. The van der Waals surface area contributed by atoms with E-state index in [0.29, 0.717) is 22.2 Å². The molecular weight excluding hydrogens is 361 g/mol. The summed E-state index contributed by atoms with van der Waals surface area (Å²) < 4.78 is 18.9. The Morgan fingerprint density at radius 2 is 2.08 bits per heavy atom. The van der Waals surface area contributed by atoms with Crippen LogP contribution in [-0.2, 0) is 6.61 Å². The van der Waals surface area contributed by atoms with Crippen LogP contribution >= 0.6 is 22.9 Å². The first kappa shape index (κ1) is 17.5. The number of anilines is 1. The van der Waals surface area contributed by atoms with E-state index in [1.165, 1.54) is 23.5 Å². The fourth-order valence-electron chi connectivity index (χ4n) is 2.20. The zero-order valence-corrected chi connectivity index (χ0v) is 15.0. The lowest BCUT2D eigenvalue weighted by molar-refractivity contribution is 0.103. The molecule has 1 heterocycles. The number of carbonyl (C=O) groups excluding carboxylic acids is 1. The predicted octanol–water partition coefficient (Wildman–Crippen LogP) is 5.68. The third kappa shape index (κ3) is 4.59. The van der Waals surface area contributed by atoms with E-state index in [1.54, 1.807) is 30.3 Å². The predicted molar refractivity (Wildman–Crippen MR) is 99.2 cm³/mol. The second kappa shape index (κ2) is 7.68. The summed E-state index contributed by atoms with van der Waals surface area (Å²) in [6.45, 7) is 2.26. The van der Waals surface area contributed by atoms with E-state index in [0.717, 1.165) is 16.9 Å². The monoisotopic (exact) mass is 375 g/mol. The molecule has 3 aromatic rings. The van der Waals surface area contributed by atoms with Gasteiger partial charge >= 0.3 is 0 Å². The maximum atomic E-state index is 13.2. The number of hydrogen-bond acceptors (Lipinski definition) is 3. The number of amides is 1. The van der Waals surface area contributed by atoms with Gasteiger partial charge in [0, 0.05) is 16.3 Å². The average molecular weight is 376 g/mol. The van der Waals surface area contributed by atoms with Crippen LogP contribution in [0, 0.1) is 12.7 Å². The summed E-state index contributed by atoms with van der Waals surface area (Å²) in [6, 6.07) is 13.0. The first-order chi connectivity index (χ1) is 12.0. The molecule has 128 valence electrons. The molecule has 3 nitrogen and oxygen atoms in total. The van der Waals surface area contributed by atoms with Crippen molar-refractivity contribution in [2.45, 2.75) is 13.5 Å². The number of hydrogen-bond donors (Lipinski definition) is 1. The highest BCUT2D eigenvalue weighted by atomic mass is 35.5. The normalized spacial score (nSPS) is 10.5. The molecule has 1 amide bonds. The fourth-order valence-corrected chi connectivity index (χ4v) is 3.11. The number of nitrogens with one attached hydrogen (secondary N) is 1. The van der Waals surface area contributed by atoms with Crippen molar-refractivity contribution < 1.29 is 13.9 Å². The van der Waals surface area contributed by atoms with Crippen LogP contribution in [0.15, 0.2) is 53.9 Å². The van der Waals surface area contributed by atoms with E-state index in [4.69, 9.17) is 16.3 Å². The van der Waals surface area contributed by atoms with Crippen LogP contribution in [0.3, 0.4) is 0 Å². The summed E-state index contributed by atoms with van der Waals surface area (Å²) in [7, 11) is 0. The van der Waals surface area contributed by atoms with Crippen molar-refractivity contribution in [3.63, 3.8) is 0 Å². The van der Waals surface area contributed by atoms with Crippen LogP contribution < -0.4 is 10.1 Å². The third-order valence-corrected chi connectivity index (χ3v) is 4.90. The quantitative estimate of drug-likeness (QED) is 0.623. The molecule has 0 aliphatic carbocycles. The molecular formula is C19H15ClFNO2S. The van der Waals surface area contributed by atoms with Gasteiger partial charge in [0.15, 0.2) is 0 Å². The van der Waals surface area contributed by atoms with Gasteiger partial charge in [0.05, 0.1) is 4.88 Å². The zero-order valence-electron chi connectivity index (χ0n) is 13.4. The van der Waals surface area contributed by atoms with Crippen molar-refractivity contribution in [3.05, 3.63) is 80.8 Å². The molecule has 0 atom stereocenters. The van der Waals surface area contributed by atoms with Gasteiger partial charge in [-0.15, -0.1) is 11.3 Å². The molecule has 2 aromatic carbocycles. The van der Waals surface area contributed by atoms with Crippen molar-refractivity contribution in [2.24, 2.45) is 0 Å². The molecule has 1 aromatic heterocycles. The number of ether oxygens (including phenoxy) is 1. The van der Waals surface area contributed by atoms with Crippen molar-refractivity contribution in [3.8, 4) is 5.75 Å². The van der Waals surface area contributed by atoms with Crippen LogP contribution in [0.4, 0.5) is 10.1 Å². The highest BCUT2D eigenvalue weighted by Gasteiger charge is 2.10. The number of rotatable bonds is 5. The van der Waals surface area contributed by atoms with Gasteiger partial charge in [-0.05, 0) is 60.3 Å². The Labute approximate surface area is 154 Å². The summed E-state index contributed by atoms with van der Waals surface area (Å²) in [4.78, 5) is 12.8. The Bertz CT molecular complexity index is 910. The Kier molecular flexibility index (Phi) is 5.36. The Morgan fingerprint density at radius 1 is 1.24 bits per heavy atom. The molecule has 25 heavy (non-hydrogen) atoms. The Hall–Kier alpha value is -2.37. The summed E-state index contributed by atoms with van der Waals surface area (Å²) in [6.07, 6.45) is 0. The first-order valence-electron chi connectivity index (χ1n) is 7.54. The van der Waals surface area contributed by atoms with Gasteiger partial charge in [-0.25, -0.2) is 4.39 Å². The van der Waals surface area contributed by atoms with Crippen LogP contribution in [0.2, 0.25) is 5.02 Å². The SMILES string of the molecule is Cc1cc(OCc2csc(C(=O)Nc3cccc(F)c3)c2)ccc1Cl. The summed E-state index contributed by atoms with van der Waals surface area (Å²) in [5.74, 6) is 0.0550. The van der Waals surface area contributed by atoms with Gasteiger partial charge in [-0.3, -0.25) is 4.79 Å². The maximum absolute atomic E-state index is 13.2. The zero-order chi connectivity index (χ0) is 17.8. The largest absolute Gasteiger partial charge is 0.489 e. The summed E-state index contributed by atoms with van der Waals surface area (Å²) >= 11 is 7.31. The van der Waals surface area contributed by atoms with E-state index < -0.39 is 5.82 Å². The van der Waals surface area contributed by atoms with Gasteiger partial charge in [0.25, 0.3) is 5.91 Å². The van der Waals surface area contributed by atoms with Crippen molar-refractivity contribution in [1.82, 2.24) is 0 Å². The number of halogens is 2. The van der Waals surface area contributed by atoms with Gasteiger partial charge in [-0.1, -0.05) is 17.7 Å². The van der Waals surface area contributed by atoms with E-state index in [2.05, 4.69) is 5.32 Å². The summed E-state index contributed by atoms with van der Waals surface area (Å²) in [5.41, 5.74) is 2.26. The average Bonchev–Trinajstić information content (AvgIpc) is 3.05. The van der Waals surface area contributed by atoms with Gasteiger partial charge in [0.2, 0.25) is 0 Å². The van der Waals surface area contributed by atoms with Crippen molar-refractivity contribution >= 4 is 34.5 Å². The van der Waals surface area contributed by atoms with E-state index in [9.17, 15) is 9.18 Å². The molecule has 0 aliphatic rings. The molecule has 6 heteroatoms. The lowest BCUT2D eigenvalue weighted by Crippen LogP contribution is -2.10. The number of benzene rings is 2. The van der Waals surface area contributed by atoms with Crippen LogP contribution in [0.1, 0.15) is 20.8 Å². The molecule has 1 N–H and O–H groups in total. The first-order valence-corrected chi connectivity index (χ1v) is 8.80. The van der Waals surface area contributed by atoms with E-state index in [1.807, 2.05) is 18.4 Å². The molecule has 0 saturated carbocycles. The Balaban J connectivity index is 1.61. The fraction of sp³-hybridized carbons (Fsp3) is 0.105. The Morgan fingerprint density at radius 3 is 2.84 bits per heavy atom. The molecule has 0 saturated heterocycles. The van der Waals surface area contributed by atoms with Crippen LogP contribution in [0.25, 0.3) is 0 Å². The molecule has 3 rings (SSSR count). The number of thiophene rings is 1. The van der Waals surface area contributed by atoms with Gasteiger partial charge in [-0.2, -0.15) is 0 Å². The molecule has 0 aliphatic heterocycles. The van der Waals surface area contributed by atoms with Crippen molar-refractivity contribution in [2.75, 3.05) is 5.32 Å². The molecule has 0 radical (unpaired) electrons. The molecule has 0 bridgehead atoms. The minimum absolute atomic E-state index is 0.274. The lowest BCUT2D eigenvalue weighted by atomic mass is 10.2. The maximum Gasteiger partial charge on any atom is 0.265 e. The van der Waals surface area contributed by atoms with Crippen molar-refractivity contribution in [1.29, 1.82) is 0 Å². The standard InChI is InChI=1S/C19H15ClFNO2S/c1-12-7-16(5-6-17(12)20)24-10-13-8-18(25-11-13)19(23)22-15-4-2-3-14(21)9-15/h2-9,11H,10H2,1H3,(H,22,23). The van der Waals surface area contributed by atoms with Gasteiger partial charge < -0.3 is 10.1 Å². The topological polar surface area (TPSA) is 38.3 Å². The molecule has 0 fully saturated rings. The number of aryl methyl sites for hydroxylation is 1. The van der Waals surface area contributed by atoms with E-state index >= 15 is 0 Å². The smallest absolute Gasteiger partial charge is 0.265 e. The second-order valence-corrected chi connectivity index (χ2v) is 6.80. The van der Waals surface area contributed by atoms with Crippen LogP contribution in [-0.4, -0.2) is 5.91 Å². The number of carbonyl (C=O) groups is 1. The highest BCUT2D eigenvalue weighted by molar-refractivity contribution is 7.12. The lowest BCUT2D eigenvalue weighted by Gasteiger charge is -2.06. The molecule has 0 unspecified atom stereocenters. The van der Waals surface area contributed by atoms with E-state index in [-0.39, 0.29) is 5.91 Å². The highest BCUT2D eigenvalue weighted by Crippen LogP contribution is 2.23. The van der Waals surface area contributed by atoms with Crippen LogP contribution in [0.5, 0.6) is 5.75 Å². The third-order valence-electron chi connectivity index (χ3n) is 3.49.